The summed E-state index contributed by atoms with van der Waals surface area (Å²) in [5.41, 5.74) is 8.15. The van der Waals surface area contributed by atoms with E-state index in [9.17, 15) is 4.79 Å². The van der Waals surface area contributed by atoms with E-state index in [1.54, 1.807) is 0 Å². The van der Waals surface area contributed by atoms with Crippen LogP contribution in [0.1, 0.15) is 53.0 Å². The number of rotatable bonds is 7. The van der Waals surface area contributed by atoms with E-state index in [1.807, 2.05) is 49.7 Å². The van der Waals surface area contributed by atoms with Crippen LogP contribution in [0.5, 0.6) is 0 Å². The van der Waals surface area contributed by atoms with Gasteiger partial charge in [-0.05, 0) is 81.5 Å². The average Bonchev–Trinajstić information content (AvgIpc) is 2.96. The van der Waals surface area contributed by atoms with Gasteiger partial charge in [0.1, 0.15) is 0 Å². The minimum Gasteiger partial charge on any atom is -0.313 e. The predicted octanol–water partition coefficient (Wildman–Crippen LogP) is 6.41. The molecule has 1 N–H and O–H groups in total. The molecule has 0 atom stereocenters. The number of fused-ring (bicyclic) bond motifs is 1. The van der Waals surface area contributed by atoms with Crippen LogP contribution in [0, 0.1) is 6.92 Å². The number of hydrogen-bond acceptors (Lipinski definition) is 2. The molecule has 0 unspecified atom stereocenters. The average molecular weight is 392 g/mol. The van der Waals surface area contributed by atoms with Gasteiger partial charge in [0.05, 0.1) is 11.0 Å². The third-order valence-electron chi connectivity index (χ3n) is 5.27. The summed E-state index contributed by atoms with van der Waals surface area (Å²) in [6.45, 7) is 16.4. The number of amides is 1. The van der Waals surface area contributed by atoms with Gasteiger partial charge in [0.2, 0.25) is 5.95 Å². The van der Waals surface area contributed by atoms with Crippen LogP contribution in [-0.2, 0) is 11.8 Å². The molecule has 0 saturated heterocycles. The Bertz CT molecular complexity index is 1030. The van der Waals surface area contributed by atoms with Crippen LogP contribution in [0.2, 0.25) is 0 Å². The minimum atomic E-state index is -0.190. The molecular formula is C25H33N3O. The zero-order chi connectivity index (χ0) is 21.7. The molecule has 1 aromatic heterocycles. The number of allylic oxidation sites excluding steroid dienone is 5. The number of aryl methyl sites for hydroxylation is 2. The minimum absolute atomic E-state index is 0.190. The Morgan fingerprint density at radius 2 is 1.83 bits per heavy atom. The molecule has 0 aliphatic carbocycles. The Kier molecular flexibility index (Phi) is 7.38. The van der Waals surface area contributed by atoms with Gasteiger partial charge in [0, 0.05) is 12.6 Å². The van der Waals surface area contributed by atoms with Crippen molar-refractivity contribution in [2.24, 2.45) is 7.05 Å². The second-order valence-corrected chi connectivity index (χ2v) is 7.65. The number of nitrogens with one attached hydrogen (secondary N) is 1. The van der Waals surface area contributed by atoms with Crippen molar-refractivity contribution in [3.8, 4) is 0 Å². The van der Waals surface area contributed by atoms with Crippen LogP contribution >= 0.6 is 0 Å². The van der Waals surface area contributed by atoms with Crippen molar-refractivity contribution in [2.75, 3.05) is 5.32 Å². The summed E-state index contributed by atoms with van der Waals surface area (Å²) in [7, 11) is 1.91. The smallest absolute Gasteiger partial charge is 0.257 e. The quantitative estimate of drug-likeness (QED) is 0.438. The normalized spacial score (nSPS) is 12.2. The molecule has 0 bridgehead atoms. The van der Waals surface area contributed by atoms with E-state index in [-0.39, 0.29) is 5.91 Å². The van der Waals surface area contributed by atoms with Gasteiger partial charge in [-0.3, -0.25) is 10.1 Å². The maximum absolute atomic E-state index is 13.1. The molecule has 0 radical (unpaired) electrons. The molecule has 29 heavy (non-hydrogen) atoms. The number of carbonyl (C=O) groups is 1. The fourth-order valence-corrected chi connectivity index (χ4v) is 3.42. The highest BCUT2D eigenvalue weighted by molar-refractivity contribution is 6.06. The van der Waals surface area contributed by atoms with Crippen molar-refractivity contribution in [1.29, 1.82) is 0 Å². The van der Waals surface area contributed by atoms with Gasteiger partial charge in [0.15, 0.2) is 0 Å². The van der Waals surface area contributed by atoms with Gasteiger partial charge >= 0.3 is 0 Å². The van der Waals surface area contributed by atoms with Gasteiger partial charge in [-0.15, -0.1) is 0 Å². The monoisotopic (exact) mass is 391 g/mol. The molecular weight excluding hydrogens is 358 g/mol. The maximum Gasteiger partial charge on any atom is 0.257 e. The van der Waals surface area contributed by atoms with Crippen LogP contribution < -0.4 is 5.32 Å². The zero-order valence-electron chi connectivity index (χ0n) is 18.8. The zero-order valence-corrected chi connectivity index (χ0v) is 18.8. The second-order valence-electron chi connectivity index (χ2n) is 7.65. The summed E-state index contributed by atoms with van der Waals surface area (Å²) in [6, 6.07) is 6.06. The first kappa shape index (κ1) is 22.4. The molecule has 0 aliphatic heterocycles. The first-order chi connectivity index (χ1) is 13.7. The van der Waals surface area contributed by atoms with E-state index in [2.05, 4.69) is 50.6 Å². The lowest BCUT2D eigenvalue weighted by Crippen LogP contribution is -2.16. The Hall–Kier alpha value is -2.88. The van der Waals surface area contributed by atoms with E-state index >= 15 is 0 Å². The second kappa shape index (κ2) is 9.55. The Labute approximate surface area is 174 Å². The van der Waals surface area contributed by atoms with Gasteiger partial charge in [-0.25, -0.2) is 4.98 Å². The molecule has 1 aromatic carbocycles. The molecule has 2 rings (SSSR count). The summed E-state index contributed by atoms with van der Waals surface area (Å²) >= 11 is 0. The van der Waals surface area contributed by atoms with Crippen LogP contribution in [0.15, 0.2) is 64.8 Å². The first-order valence-electron chi connectivity index (χ1n) is 10.2. The van der Waals surface area contributed by atoms with Crippen LogP contribution in [-0.4, -0.2) is 15.5 Å². The molecule has 0 aliphatic rings. The van der Waals surface area contributed by atoms with Gasteiger partial charge in [-0.1, -0.05) is 37.6 Å². The molecule has 4 nitrogen and oxygen atoms in total. The third-order valence-corrected chi connectivity index (χ3v) is 5.27. The van der Waals surface area contributed by atoms with Crippen LogP contribution in [0.4, 0.5) is 5.95 Å². The number of anilines is 1. The fourth-order valence-electron chi connectivity index (χ4n) is 3.42. The molecule has 4 heteroatoms. The molecule has 154 valence electrons. The summed E-state index contributed by atoms with van der Waals surface area (Å²) in [5, 5.41) is 2.97. The molecule has 2 aromatic rings. The van der Waals surface area contributed by atoms with E-state index in [0.29, 0.717) is 11.5 Å². The summed E-state index contributed by atoms with van der Waals surface area (Å²) in [6.07, 6.45) is 5.78. The largest absolute Gasteiger partial charge is 0.313 e. The van der Waals surface area contributed by atoms with E-state index in [4.69, 9.17) is 0 Å². The number of carbonyl (C=O) groups excluding carboxylic acids is 1. The number of aromatic nitrogens is 2. The lowest BCUT2D eigenvalue weighted by Gasteiger charge is -2.11. The van der Waals surface area contributed by atoms with E-state index < -0.39 is 0 Å². The molecule has 0 fully saturated rings. The van der Waals surface area contributed by atoms with Crippen molar-refractivity contribution in [1.82, 2.24) is 9.55 Å². The SMILES string of the molecule is C=C(C)/C=C(\C=C(/C)C(C)=C(CC)CC)C(=O)Nc1nc2ccc(C)cc2n1C. The molecule has 0 saturated carbocycles. The highest BCUT2D eigenvalue weighted by atomic mass is 16.1. The number of imidazole rings is 1. The predicted molar refractivity (Wildman–Crippen MR) is 124 cm³/mol. The van der Waals surface area contributed by atoms with E-state index in [1.165, 1.54) is 11.1 Å². The summed E-state index contributed by atoms with van der Waals surface area (Å²) in [4.78, 5) is 17.7. The Morgan fingerprint density at radius 3 is 2.41 bits per heavy atom. The first-order valence-corrected chi connectivity index (χ1v) is 10.2. The highest BCUT2D eigenvalue weighted by Crippen LogP contribution is 2.23. The van der Waals surface area contributed by atoms with Crippen molar-refractivity contribution < 1.29 is 4.79 Å². The van der Waals surface area contributed by atoms with Crippen molar-refractivity contribution in [2.45, 2.75) is 54.4 Å². The molecule has 1 amide bonds. The van der Waals surface area contributed by atoms with Crippen molar-refractivity contribution in [3.63, 3.8) is 0 Å². The third kappa shape index (κ3) is 5.35. The Morgan fingerprint density at radius 1 is 1.17 bits per heavy atom. The lowest BCUT2D eigenvalue weighted by molar-refractivity contribution is -0.112. The van der Waals surface area contributed by atoms with Gasteiger partial charge < -0.3 is 4.57 Å². The fraction of sp³-hybridized carbons (Fsp3) is 0.360. The van der Waals surface area contributed by atoms with Crippen molar-refractivity contribution >= 4 is 22.9 Å². The number of nitrogens with zero attached hydrogens (tertiary/aromatic N) is 2. The van der Waals surface area contributed by atoms with E-state index in [0.717, 1.165) is 40.6 Å². The van der Waals surface area contributed by atoms with Crippen LogP contribution in [0.3, 0.4) is 0 Å². The number of benzene rings is 1. The van der Waals surface area contributed by atoms with Gasteiger partial charge in [0.25, 0.3) is 5.91 Å². The van der Waals surface area contributed by atoms with Crippen molar-refractivity contribution in [3.05, 3.63) is 70.4 Å². The highest BCUT2D eigenvalue weighted by Gasteiger charge is 2.14. The van der Waals surface area contributed by atoms with Gasteiger partial charge in [-0.2, -0.15) is 0 Å². The Balaban J connectivity index is 2.41. The van der Waals surface area contributed by atoms with Crippen LogP contribution in [0.25, 0.3) is 11.0 Å². The standard InChI is InChI=1S/C25H33N3O/c1-9-20(10-2)19(7)18(6)15-21(13-16(3)4)24(29)27-25-26-22-12-11-17(5)14-23(22)28(25)8/h11-15H,3,9-10H2,1-2,4-8H3,(H,26,27,29)/b18-15+,21-13+. The number of hydrogen-bond donors (Lipinski definition) is 1. The maximum atomic E-state index is 13.1. The topological polar surface area (TPSA) is 46.9 Å². The molecule has 0 spiro atoms. The summed E-state index contributed by atoms with van der Waals surface area (Å²) < 4.78 is 1.91. The molecule has 1 heterocycles. The summed E-state index contributed by atoms with van der Waals surface area (Å²) in [5.74, 6) is 0.342. The lowest BCUT2D eigenvalue weighted by atomic mass is 9.97.